The van der Waals surface area contributed by atoms with E-state index in [4.69, 9.17) is 5.11 Å². The average molecular weight is 280 g/mol. The standard InChI is InChI=1S/C15H24N2O3/c1-6-15(5,7-2)17-11(4)12(8-9-13(18)19)10(3)16-14(17)20/h6-9H2,1-5H3,(H,18,19). The summed E-state index contributed by atoms with van der Waals surface area (Å²) in [5, 5.41) is 8.84. The van der Waals surface area contributed by atoms with Crippen LogP contribution in [0, 0.1) is 13.8 Å². The van der Waals surface area contributed by atoms with Crippen LogP contribution in [-0.4, -0.2) is 20.6 Å². The van der Waals surface area contributed by atoms with E-state index in [1.807, 2.05) is 27.7 Å². The molecule has 0 aromatic carbocycles. The Morgan fingerprint density at radius 1 is 1.30 bits per heavy atom. The quantitative estimate of drug-likeness (QED) is 0.868. The van der Waals surface area contributed by atoms with E-state index in [1.54, 1.807) is 11.5 Å². The van der Waals surface area contributed by atoms with Crippen molar-refractivity contribution in [2.24, 2.45) is 0 Å². The summed E-state index contributed by atoms with van der Waals surface area (Å²) in [5.74, 6) is -0.838. The highest BCUT2D eigenvalue weighted by molar-refractivity contribution is 5.67. The van der Waals surface area contributed by atoms with Crippen LogP contribution < -0.4 is 5.69 Å². The van der Waals surface area contributed by atoms with Crippen molar-refractivity contribution in [1.82, 2.24) is 9.55 Å². The maximum absolute atomic E-state index is 12.3. The molecule has 0 saturated carbocycles. The van der Waals surface area contributed by atoms with Crippen LogP contribution in [0.15, 0.2) is 4.79 Å². The molecule has 1 aromatic heterocycles. The minimum atomic E-state index is -0.838. The summed E-state index contributed by atoms with van der Waals surface area (Å²) < 4.78 is 1.73. The van der Waals surface area contributed by atoms with Crippen LogP contribution in [0.1, 0.15) is 57.0 Å². The molecule has 0 aliphatic heterocycles. The molecule has 0 spiro atoms. The largest absolute Gasteiger partial charge is 0.481 e. The topological polar surface area (TPSA) is 72.2 Å². The van der Waals surface area contributed by atoms with E-state index < -0.39 is 5.97 Å². The third kappa shape index (κ3) is 3.08. The van der Waals surface area contributed by atoms with E-state index in [9.17, 15) is 9.59 Å². The predicted octanol–water partition coefficient (Wildman–Crippen LogP) is 2.41. The number of carbonyl (C=O) groups is 1. The highest BCUT2D eigenvalue weighted by Gasteiger charge is 2.27. The van der Waals surface area contributed by atoms with Gasteiger partial charge in [-0.05, 0) is 45.6 Å². The minimum Gasteiger partial charge on any atom is -0.481 e. The lowest BCUT2D eigenvalue weighted by atomic mass is 9.93. The van der Waals surface area contributed by atoms with Crippen molar-refractivity contribution in [3.8, 4) is 0 Å². The molecule has 0 aliphatic rings. The van der Waals surface area contributed by atoms with Gasteiger partial charge in [0.1, 0.15) is 0 Å². The Hall–Kier alpha value is -1.65. The van der Waals surface area contributed by atoms with Crippen molar-refractivity contribution in [1.29, 1.82) is 0 Å². The minimum absolute atomic E-state index is 0.0521. The summed E-state index contributed by atoms with van der Waals surface area (Å²) in [4.78, 5) is 27.1. The molecule has 0 bridgehead atoms. The van der Waals surface area contributed by atoms with Gasteiger partial charge in [-0.3, -0.25) is 9.36 Å². The molecular formula is C15H24N2O3. The van der Waals surface area contributed by atoms with Gasteiger partial charge in [-0.1, -0.05) is 13.8 Å². The SMILES string of the molecule is CCC(C)(CC)n1c(C)c(CCC(=O)O)c(C)nc1=O. The van der Waals surface area contributed by atoms with Crippen LogP contribution in [0.4, 0.5) is 0 Å². The molecule has 20 heavy (non-hydrogen) atoms. The molecule has 1 heterocycles. The first-order valence-electron chi connectivity index (χ1n) is 7.08. The van der Waals surface area contributed by atoms with Crippen molar-refractivity contribution in [2.45, 2.75) is 65.8 Å². The Morgan fingerprint density at radius 3 is 2.30 bits per heavy atom. The number of aryl methyl sites for hydroxylation is 1. The first-order chi connectivity index (χ1) is 9.26. The zero-order valence-corrected chi connectivity index (χ0v) is 13.0. The lowest BCUT2D eigenvalue weighted by molar-refractivity contribution is -0.136. The smallest absolute Gasteiger partial charge is 0.348 e. The molecule has 5 heteroatoms. The van der Waals surface area contributed by atoms with Crippen LogP contribution in [0.2, 0.25) is 0 Å². The number of aromatic nitrogens is 2. The second-order valence-electron chi connectivity index (χ2n) is 5.48. The fraction of sp³-hybridized carbons (Fsp3) is 0.667. The van der Waals surface area contributed by atoms with Crippen molar-refractivity contribution in [2.75, 3.05) is 0 Å². The monoisotopic (exact) mass is 280 g/mol. The molecule has 0 radical (unpaired) electrons. The molecule has 1 rings (SSSR count). The molecule has 0 aliphatic carbocycles. The molecule has 0 atom stereocenters. The second-order valence-corrected chi connectivity index (χ2v) is 5.48. The third-order valence-electron chi connectivity index (χ3n) is 4.32. The predicted molar refractivity (Wildman–Crippen MR) is 78.2 cm³/mol. The number of carboxylic acid groups (broad SMARTS) is 1. The van der Waals surface area contributed by atoms with E-state index in [1.165, 1.54) is 0 Å². The Morgan fingerprint density at radius 2 is 1.85 bits per heavy atom. The molecule has 0 unspecified atom stereocenters. The summed E-state index contributed by atoms with van der Waals surface area (Å²) in [7, 11) is 0. The van der Waals surface area contributed by atoms with Gasteiger partial charge in [0.2, 0.25) is 0 Å². The second kappa shape index (κ2) is 6.20. The van der Waals surface area contributed by atoms with Crippen LogP contribution >= 0.6 is 0 Å². The van der Waals surface area contributed by atoms with Crippen molar-refractivity contribution in [3.05, 3.63) is 27.4 Å². The molecule has 1 N–H and O–H groups in total. The number of hydrogen-bond acceptors (Lipinski definition) is 3. The van der Waals surface area contributed by atoms with E-state index in [0.29, 0.717) is 12.1 Å². The van der Waals surface area contributed by atoms with Crippen molar-refractivity contribution < 1.29 is 9.90 Å². The van der Waals surface area contributed by atoms with Crippen LogP contribution in [-0.2, 0) is 16.8 Å². The van der Waals surface area contributed by atoms with E-state index >= 15 is 0 Å². The van der Waals surface area contributed by atoms with Crippen molar-refractivity contribution in [3.63, 3.8) is 0 Å². The Bertz CT molecular complexity index is 557. The summed E-state index contributed by atoms with van der Waals surface area (Å²) in [6.45, 7) is 9.79. The number of nitrogens with zero attached hydrogens (tertiary/aromatic N) is 2. The first kappa shape index (κ1) is 16.4. The van der Waals surface area contributed by atoms with Crippen molar-refractivity contribution >= 4 is 5.97 Å². The summed E-state index contributed by atoms with van der Waals surface area (Å²) >= 11 is 0. The van der Waals surface area contributed by atoms with Gasteiger partial charge in [-0.2, -0.15) is 4.98 Å². The van der Waals surface area contributed by atoms with Crippen LogP contribution in [0.3, 0.4) is 0 Å². The maximum Gasteiger partial charge on any atom is 0.348 e. The molecule has 1 aromatic rings. The summed E-state index contributed by atoms with van der Waals surface area (Å²) in [6.07, 6.45) is 2.11. The zero-order chi connectivity index (χ0) is 15.5. The Labute approximate surface area is 119 Å². The lowest BCUT2D eigenvalue weighted by Gasteiger charge is -2.32. The fourth-order valence-corrected chi connectivity index (χ4v) is 2.60. The van der Waals surface area contributed by atoms with Gasteiger partial charge in [0.05, 0.1) is 0 Å². The first-order valence-corrected chi connectivity index (χ1v) is 7.08. The number of aliphatic carboxylic acids is 1. The highest BCUT2D eigenvalue weighted by Crippen LogP contribution is 2.26. The van der Waals surface area contributed by atoms with E-state index in [2.05, 4.69) is 4.98 Å². The third-order valence-corrected chi connectivity index (χ3v) is 4.32. The van der Waals surface area contributed by atoms with Gasteiger partial charge in [-0.15, -0.1) is 0 Å². The molecule has 112 valence electrons. The highest BCUT2D eigenvalue weighted by atomic mass is 16.4. The number of hydrogen-bond donors (Lipinski definition) is 1. The van der Waals surface area contributed by atoms with E-state index in [-0.39, 0.29) is 17.6 Å². The van der Waals surface area contributed by atoms with Crippen LogP contribution in [0.25, 0.3) is 0 Å². The summed E-state index contributed by atoms with van der Waals surface area (Å²) in [6, 6.07) is 0. The van der Waals surface area contributed by atoms with Gasteiger partial charge < -0.3 is 5.11 Å². The molecule has 0 fully saturated rings. The molecular weight excluding hydrogens is 256 g/mol. The van der Waals surface area contributed by atoms with Gasteiger partial charge in [0.15, 0.2) is 0 Å². The Balaban J connectivity index is 3.43. The van der Waals surface area contributed by atoms with Gasteiger partial charge in [-0.25, -0.2) is 4.79 Å². The van der Waals surface area contributed by atoms with E-state index in [0.717, 1.165) is 24.1 Å². The number of carboxylic acids is 1. The number of rotatable bonds is 6. The zero-order valence-electron chi connectivity index (χ0n) is 13.0. The average Bonchev–Trinajstić information content (AvgIpc) is 2.37. The normalized spacial score (nSPS) is 11.7. The molecule has 0 saturated heterocycles. The summed E-state index contributed by atoms with van der Waals surface area (Å²) in [5.41, 5.74) is 1.83. The van der Waals surface area contributed by atoms with Gasteiger partial charge in [0, 0.05) is 23.3 Å². The van der Waals surface area contributed by atoms with Gasteiger partial charge >= 0.3 is 11.7 Å². The Kier molecular flexibility index (Phi) is 5.09. The molecule has 5 nitrogen and oxygen atoms in total. The molecule has 0 amide bonds. The van der Waals surface area contributed by atoms with Gasteiger partial charge in [0.25, 0.3) is 0 Å². The maximum atomic E-state index is 12.3. The van der Waals surface area contributed by atoms with Crippen LogP contribution in [0.5, 0.6) is 0 Å². The lowest BCUT2D eigenvalue weighted by Crippen LogP contribution is -2.41. The fourth-order valence-electron chi connectivity index (χ4n) is 2.60.